The first-order valence-electron chi connectivity index (χ1n) is 5.02. The smallest absolute Gasteiger partial charge is 0.238 e. The molecule has 0 aromatic heterocycles. The van der Waals surface area contributed by atoms with E-state index in [4.69, 9.17) is 0 Å². The van der Waals surface area contributed by atoms with Crippen LogP contribution in [-0.2, 0) is 4.79 Å². The van der Waals surface area contributed by atoms with Gasteiger partial charge in [-0.1, -0.05) is 28.1 Å². The van der Waals surface area contributed by atoms with E-state index < -0.39 is 0 Å². The zero-order valence-corrected chi connectivity index (χ0v) is 10.1. The maximum Gasteiger partial charge on any atom is 0.238 e. The average molecular weight is 269 g/mol. The number of amides is 1. The van der Waals surface area contributed by atoms with E-state index in [9.17, 15) is 4.79 Å². The topological polar surface area (TPSA) is 32.3 Å². The molecular formula is C11H13BrN2O. The molecule has 1 unspecified atom stereocenters. The Bertz CT molecular complexity index is 381. The van der Waals surface area contributed by atoms with Crippen LogP contribution in [0.3, 0.4) is 0 Å². The molecular weight excluding hydrogens is 256 g/mol. The highest BCUT2D eigenvalue weighted by atomic mass is 79.9. The van der Waals surface area contributed by atoms with Crippen molar-refractivity contribution < 1.29 is 4.79 Å². The molecule has 3 nitrogen and oxygen atoms in total. The Morgan fingerprint density at radius 3 is 3.00 bits per heavy atom. The Morgan fingerprint density at radius 1 is 1.60 bits per heavy atom. The first kappa shape index (κ1) is 10.6. The molecule has 0 spiro atoms. The fraction of sp³-hybridized carbons (Fsp3) is 0.364. The van der Waals surface area contributed by atoms with Crippen LogP contribution in [0, 0.1) is 0 Å². The number of nitrogens with zero attached hydrogens (tertiary/aromatic N) is 1. The Labute approximate surface area is 97.6 Å². The van der Waals surface area contributed by atoms with E-state index in [0.717, 1.165) is 10.0 Å². The summed E-state index contributed by atoms with van der Waals surface area (Å²) in [6.07, 6.45) is 0.546. The lowest BCUT2D eigenvalue weighted by molar-refractivity contribution is -0.129. The van der Waals surface area contributed by atoms with Crippen LogP contribution < -0.4 is 5.43 Å². The molecule has 1 aliphatic rings. The van der Waals surface area contributed by atoms with Gasteiger partial charge in [0.15, 0.2) is 0 Å². The van der Waals surface area contributed by atoms with Gasteiger partial charge in [0.25, 0.3) is 0 Å². The number of carbonyl (C=O) groups excluding carboxylic acids is 1. The standard InChI is InChI=1S/C11H13BrN2O/c1-2-14-11(15)7-10(13-14)8-4-3-5-9(12)6-8/h3-6,10,13H,2,7H2,1H3. The van der Waals surface area contributed by atoms with Crippen molar-refractivity contribution in [1.29, 1.82) is 0 Å². The fourth-order valence-corrected chi connectivity index (χ4v) is 2.19. The Hall–Kier alpha value is -0.870. The van der Waals surface area contributed by atoms with Crippen molar-refractivity contribution in [2.45, 2.75) is 19.4 Å². The summed E-state index contributed by atoms with van der Waals surface area (Å²) >= 11 is 3.43. The highest BCUT2D eigenvalue weighted by Crippen LogP contribution is 2.25. The minimum Gasteiger partial charge on any atom is -0.278 e. The summed E-state index contributed by atoms with van der Waals surface area (Å²) in [7, 11) is 0. The second kappa shape index (κ2) is 4.33. The monoisotopic (exact) mass is 268 g/mol. The molecule has 80 valence electrons. The summed E-state index contributed by atoms with van der Waals surface area (Å²) in [5.41, 5.74) is 4.34. The molecule has 1 heterocycles. The fourth-order valence-electron chi connectivity index (χ4n) is 1.77. The minimum atomic E-state index is 0.120. The van der Waals surface area contributed by atoms with E-state index >= 15 is 0 Å². The third kappa shape index (κ3) is 2.21. The number of hydrogen-bond acceptors (Lipinski definition) is 2. The molecule has 1 saturated heterocycles. The Kier molecular flexibility index (Phi) is 3.07. The van der Waals surface area contributed by atoms with Gasteiger partial charge < -0.3 is 0 Å². The predicted molar refractivity (Wildman–Crippen MR) is 62.0 cm³/mol. The van der Waals surface area contributed by atoms with Crippen LogP contribution in [0.4, 0.5) is 0 Å². The second-order valence-corrected chi connectivity index (χ2v) is 4.49. The van der Waals surface area contributed by atoms with Crippen LogP contribution in [-0.4, -0.2) is 17.5 Å². The van der Waals surface area contributed by atoms with Gasteiger partial charge >= 0.3 is 0 Å². The molecule has 0 radical (unpaired) electrons. The quantitative estimate of drug-likeness (QED) is 0.893. The lowest BCUT2D eigenvalue weighted by atomic mass is 10.1. The SMILES string of the molecule is CCN1NC(c2cccc(Br)c2)CC1=O. The first-order valence-corrected chi connectivity index (χ1v) is 5.82. The summed E-state index contributed by atoms with van der Waals surface area (Å²) in [4.78, 5) is 11.5. The van der Waals surface area contributed by atoms with Gasteiger partial charge in [-0.2, -0.15) is 0 Å². The summed E-state index contributed by atoms with van der Waals surface area (Å²) in [6.45, 7) is 2.68. The number of rotatable bonds is 2. The van der Waals surface area contributed by atoms with Crippen LogP contribution >= 0.6 is 15.9 Å². The molecule has 1 aliphatic heterocycles. The largest absolute Gasteiger partial charge is 0.278 e. The number of nitrogens with one attached hydrogen (secondary N) is 1. The summed E-state index contributed by atoms with van der Waals surface area (Å²) < 4.78 is 1.05. The molecule has 1 aromatic carbocycles. The number of halogens is 1. The summed E-state index contributed by atoms with van der Waals surface area (Å²) in [6, 6.07) is 8.17. The van der Waals surface area contributed by atoms with Gasteiger partial charge in [-0.15, -0.1) is 0 Å². The van der Waals surface area contributed by atoms with Gasteiger partial charge in [-0.3, -0.25) is 9.80 Å². The molecule has 0 bridgehead atoms. The minimum absolute atomic E-state index is 0.120. The summed E-state index contributed by atoms with van der Waals surface area (Å²) in [5.74, 6) is 0.169. The molecule has 1 aromatic rings. The summed E-state index contributed by atoms with van der Waals surface area (Å²) in [5, 5.41) is 1.67. The Morgan fingerprint density at radius 2 is 2.40 bits per heavy atom. The molecule has 0 saturated carbocycles. The molecule has 1 amide bonds. The van der Waals surface area contributed by atoms with E-state index in [-0.39, 0.29) is 11.9 Å². The van der Waals surface area contributed by atoms with Crippen molar-refractivity contribution in [3.05, 3.63) is 34.3 Å². The highest BCUT2D eigenvalue weighted by Gasteiger charge is 2.28. The number of benzene rings is 1. The van der Waals surface area contributed by atoms with Crippen LogP contribution in [0.15, 0.2) is 28.7 Å². The van der Waals surface area contributed by atoms with Crippen LogP contribution in [0.25, 0.3) is 0 Å². The molecule has 2 rings (SSSR count). The molecule has 15 heavy (non-hydrogen) atoms. The van der Waals surface area contributed by atoms with Crippen LogP contribution in [0.5, 0.6) is 0 Å². The zero-order chi connectivity index (χ0) is 10.8. The van der Waals surface area contributed by atoms with Crippen molar-refractivity contribution in [3.8, 4) is 0 Å². The van der Waals surface area contributed by atoms with E-state index in [0.29, 0.717) is 13.0 Å². The lowest BCUT2D eigenvalue weighted by Gasteiger charge is -2.15. The van der Waals surface area contributed by atoms with E-state index in [1.54, 1.807) is 5.01 Å². The molecule has 1 atom stereocenters. The maximum absolute atomic E-state index is 11.5. The van der Waals surface area contributed by atoms with Gasteiger partial charge in [0.05, 0.1) is 6.04 Å². The first-order chi connectivity index (χ1) is 7.20. The third-order valence-electron chi connectivity index (χ3n) is 2.56. The number of hydrogen-bond donors (Lipinski definition) is 1. The number of carbonyl (C=O) groups is 1. The van der Waals surface area contributed by atoms with Gasteiger partial charge in [0.1, 0.15) is 0 Å². The van der Waals surface area contributed by atoms with E-state index in [2.05, 4.69) is 21.4 Å². The van der Waals surface area contributed by atoms with Crippen LogP contribution in [0.2, 0.25) is 0 Å². The highest BCUT2D eigenvalue weighted by molar-refractivity contribution is 9.10. The maximum atomic E-state index is 11.5. The van der Waals surface area contributed by atoms with Crippen molar-refractivity contribution in [3.63, 3.8) is 0 Å². The third-order valence-corrected chi connectivity index (χ3v) is 3.05. The van der Waals surface area contributed by atoms with Crippen molar-refractivity contribution in [2.75, 3.05) is 6.54 Å². The normalized spacial score (nSPS) is 21.1. The van der Waals surface area contributed by atoms with Crippen molar-refractivity contribution in [2.24, 2.45) is 0 Å². The average Bonchev–Trinajstić information content (AvgIpc) is 2.60. The molecule has 1 N–H and O–H groups in total. The molecule has 4 heteroatoms. The van der Waals surface area contributed by atoms with E-state index in [1.165, 1.54) is 0 Å². The van der Waals surface area contributed by atoms with Gasteiger partial charge in [0.2, 0.25) is 5.91 Å². The molecule has 1 fully saturated rings. The lowest BCUT2D eigenvalue weighted by Crippen LogP contribution is -2.34. The predicted octanol–water partition coefficient (Wildman–Crippen LogP) is 2.25. The zero-order valence-electron chi connectivity index (χ0n) is 8.53. The molecule has 0 aliphatic carbocycles. The van der Waals surface area contributed by atoms with Crippen LogP contribution in [0.1, 0.15) is 24.9 Å². The van der Waals surface area contributed by atoms with Gasteiger partial charge in [-0.05, 0) is 24.6 Å². The van der Waals surface area contributed by atoms with Gasteiger partial charge in [-0.25, -0.2) is 5.43 Å². The Balaban J connectivity index is 2.17. The van der Waals surface area contributed by atoms with Gasteiger partial charge in [0, 0.05) is 17.4 Å². The number of hydrazine groups is 1. The second-order valence-electron chi connectivity index (χ2n) is 3.58. The van der Waals surface area contributed by atoms with E-state index in [1.807, 2.05) is 31.2 Å². The van der Waals surface area contributed by atoms with Crippen molar-refractivity contribution >= 4 is 21.8 Å². The van der Waals surface area contributed by atoms with Crippen molar-refractivity contribution in [1.82, 2.24) is 10.4 Å².